The molecular weight excluding hydrogens is 461 g/mol. The quantitative estimate of drug-likeness (QED) is 0.449. The predicted octanol–water partition coefficient (Wildman–Crippen LogP) is 2.94. The van der Waals surface area contributed by atoms with Crippen molar-refractivity contribution < 1.29 is 17.9 Å². The topological polar surface area (TPSA) is 85.4 Å². The van der Waals surface area contributed by atoms with Gasteiger partial charge in [-0.3, -0.25) is 4.90 Å². The minimum Gasteiger partial charge on any atom is -0.378 e. The molecule has 2 saturated heterocycles. The number of ether oxygens (including phenoxy) is 1. The molecule has 184 valence electrons. The Morgan fingerprint density at radius 1 is 1.20 bits per heavy atom. The van der Waals surface area contributed by atoms with Crippen molar-refractivity contribution in [2.75, 3.05) is 31.6 Å². The van der Waals surface area contributed by atoms with Crippen molar-refractivity contribution in [3.05, 3.63) is 36.4 Å². The number of nitrogens with zero attached hydrogens (tertiary/aromatic N) is 7. The third-order valence-corrected chi connectivity index (χ3v) is 6.82. The van der Waals surface area contributed by atoms with Crippen LogP contribution in [0.25, 0.3) is 27.9 Å². The number of hydrogen-bond acceptors (Lipinski definition) is 7. The van der Waals surface area contributed by atoms with Crippen LogP contribution in [0.1, 0.15) is 12.2 Å². The molecule has 0 aromatic carbocycles. The molecular formula is C23H25F3N8O. The average Bonchev–Trinajstić information content (AvgIpc) is 3.34. The number of likely N-dealkylation sites (tertiary alicyclic amines) is 1. The first kappa shape index (κ1) is 22.2. The molecule has 35 heavy (non-hydrogen) atoms. The fraction of sp³-hybridized carbons (Fsp3) is 0.478. The fourth-order valence-electron chi connectivity index (χ4n) is 4.83. The summed E-state index contributed by atoms with van der Waals surface area (Å²) in [6.07, 6.45) is 0.561. The standard InChI is InChI=1S/C23H25F3N8O/c1-13-28-19-3-2-17(29-22(19)33(13)10-21(25)26)15-4-7-34-20(15)8-27-23(31-34)30-18-5-6-32(9-16(18)24)14-11-35-12-14/h2-4,7-8,14,16,18,21H,5-6,9-12H2,1H3,(H,30,31)/t16-,18+/m0/s1. The molecule has 4 aromatic heterocycles. The minimum atomic E-state index is -2.51. The van der Waals surface area contributed by atoms with Crippen LogP contribution in [-0.2, 0) is 11.3 Å². The third-order valence-electron chi connectivity index (χ3n) is 6.82. The van der Waals surface area contributed by atoms with Crippen molar-refractivity contribution in [3.8, 4) is 11.3 Å². The Bertz CT molecular complexity index is 1370. The number of hydrogen-bond donors (Lipinski definition) is 1. The highest BCUT2D eigenvalue weighted by atomic mass is 19.3. The lowest BCUT2D eigenvalue weighted by Gasteiger charge is -2.42. The summed E-state index contributed by atoms with van der Waals surface area (Å²) in [4.78, 5) is 15.5. The van der Waals surface area contributed by atoms with E-state index in [4.69, 9.17) is 4.74 Å². The lowest BCUT2D eigenvalue weighted by atomic mass is 10.0. The van der Waals surface area contributed by atoms with Crippen molar-refractivity contribution in [3.63, 3.8) is 0 Å². The minimum absolute atomic E-state index is 0.325. The van der Waals surface area contributed by atoms with Crippen LogP contribution in [-0.4, -0.2) is 85.0 Å². The number of piperidine rings is 1. The van der Waals surface area contributed by atoms with Crippen molar-refractivity contribution in [1.82, 2.24) is 34.0 Å². The Morgan fingerprint density at radius 3 is 2.80 bits per heavy atom. The van der Waals surface area contributed by atoms with E-state index >= 15 is 0 Å². The van der Waals surface area contributed by atoms with E-state index < -0.39 is 19.1 Å². The highest BCUT2D eigenvalue weighted by molar-refractivity contribution is 5.82. The van der Waals surface area contributed by atoms with Crippen LogP contribution < -0.4 is 5.32 Å². The van der Waals surface area contributed by atoms with Crippen LogP contribution >= 0.6 is 0 Å². The number of imidazole rings is 1. The number of alkyl halides is 3. The molecule has 12 heteroatoms. The molecule has 2 fully saturated rings. The van der Waals surface area contributed by atoms with Gasteiger partial charge in [0.25, 0.3) is 6.43 Å². The fourth-order valence-corrected chi connectivity index (χ4v) is 4.83. The second kappa shape index (κ2) is 8.76. The maximum atomic E-state index is 14.8. The van der Waals surface area contributed by atoms with Crippen LogP contribution in [0, 0.1) is 6.92 Å². The number of fused-ring (bicyclic) bond motifs is 2. The van der Waals surface area contributed by atoms with E-state index in [0.29, 0.717) is 66.4 Å². The van der Waals surface area contributed by atoms with Gasteiger partial charge in [-0.2, -0.15) is 0 Å². The van der Waals surface area contributed by atoms with Gasteiger partial charge in [0.15, 0.2) is 5.65 Å². The number of nitrogens with one attached hydrogen (secondary N) is 1. The summed E-state index contributed by atoms with van der Waals surface area (Å²) < 4.78 is 49.2. The SMILES string of the molecule is Cc1nc2ccc(-c3ccn4nc(N[C@@H]5CCN(C6COC6)C[C@@H]5F)ncc34)nc2n1CC(F)F. The maximum absolute atomic E-state index is 14.8. The van der Waals surface area contributed by atoms with Gasteiger partial charge < -0.3 is 14.6 Å². The van der Waals surface area contributed by atoms with E-state index in [1.54, 1.807) is 36.0 Å². The first-order valence-electron chi connectivity index (χ1n) is 11.7. The Labute approximate surface area is 198 Å². The second-order valence-electron chi connectivity index (χ2n) is 9.08. The molecule has 0 spiro atoms. The second-order valence-corrected chi connectivity index (χ2v) is 9.08. The van der Waals surface area contributed by atoms with Crippen molar-refractivity contribution in [2.24, 2.45) is 0 Å². The average molecular weight is 487 g/mol. The summed E-state index contributed by atoms with van der Waals surface area (Å²) in [5.41, 5.74) is 3.05. The molecule has 2 atom stereocenters. The molecule has 9 nitrogen and oxygen atoms in total. The lowest BCUT2D eigenvalue weighted by molar-refractivity contribution is -0.0794. The largest absolute Gasteiger partial charge is 0.378 e. The Balaban J connectivity index is 1.23. The van der Waals surface area contributed by atoms with E-state index in [1.807, 2.05) is 6.07 Å². The first-order valence-corrected chi connectivity index (χ1v) is 11.7. The zero-order valence-electron chi connectivity index (χ0n) is 19.1. The van der Waals surface area contributed by atoms with E-state index in [9.17, 15) is 13.2 Å². The van der Waals surface area contributed by atoms with Crippen LogP contribution in [0.5, 0.6) is 0 Å². The molecule has 2 aliphatic heterocycles. The van der Waals surface area contributed by atoms with E-state index in [0.717, 1.165) is 12.1 Å². The Kier molecular flexibility index (Phi) is 5.56. The van der Waals surface area contributed by atoms with Gasteiger partial charge in [0.1, 0.15) is 17.5 Å². The monoisotopic (exact) mass is 486 g/mol. The number of rotatable bonds is 6. The molecule has 0 amide bonds. The molecule has 0 saturated carbocycles. The summed E-state index contributed by atoms with van der Waals surface area (Å²) in [7, 11) is 0. The maximum Gasteiger partial charge on any atom is 0.256 e. The molecule has 4 aromatic rings. The number of aryl methyl sites for hydroxylation is 1. The highest BCUT2D eigenvalue weighted by Gasteiger charge is 2.35. The van der Waals surface area contributed by atoms with Crippen molar-refractivity contribution >= 4 is 22.6 Å². The smallest absolute Gasteiger partial charge is 0.256 e. The molecule has 1 N–H and O–H groups in total. The number of aromatic nitrogens is 6. The predicted molar refractivity (Wildman–Crippen MR) is 123 cm³/mol. The zero-order chi connectivity index (χ0) is 24.1. The summed E-state index contributed by atoms with van der Waals surface area (Å²) >= 11 is 0. The summed E-state index contributed by atoms with van der Waals surface area (Å²) in [6, 6.07) is 5.39. The molecule has 0 unspecified atom stereocenters. The van der Waals surface area contributed by atoms with Gasteiger partial charge in [-0.05, 0) is 31.5 Å². The van der Waals surface area contributed by atoms with Gasteiger partial charge in [-0.15, -0.1) is 5.10 Å². The van der Waals surface area contributed by atoms with E-state index in [-0.39, 0.29) is 6.04 Å². The molecule has 0 aliphatic carbocycles. The van der Waals surface area contributed by atoms with Gasteiger partial charge in [0.05, 0.1) is 49.2 Å². The van der Waals surface area contributed by atoms with Crippen LogP contribution in [0.4, 0.5) is 19.1 Å². The van der Waals surface area contributed by atoms with Gasteiger partial charge in [0, 0.05) is 24.8 Å². The third kappa shape index (κ3) is 4.10. The van der Waals surface area contributed by atoms with E-state index in [2.05, 4.69) is 30.3 Å². The number of anilines is 1. The van der Waals surface area contributed by atoms with Crippen molar-refractivity contribution in [1.29, 1.82) is 0 Å². The molecule has 2 aliphatic rings. The van der Waals surface area contributed by atoms with Crippen LogP contribution in [0.2, 0.25) is 0 Å². The Morgan fingerprint density at radius 2 is 2.06 bits per heavy atom. The van der Waals surface area contributed by atoms with Crippen LogP contribution in [0.15, 0.2) is 30.6 Å². The van der Waals surface area contributed by atoms with E-state index in [1.165, 1.54) is 4.57 Å². The molecule has 6 heterocycles. The first-order chi connectivity index (χ1) is 17.0. The van der Waals surface area contributed by atoms with Gasteiger partial charge in [0.2, 0.25) is 5.95 Å². The number of halogens is 3. The summed E-state index contributed by atoms with van der Waals surface area (Å²) in [6.45, 7) is 3.76. The summed E-state index contributed by atoms with van der Waals surface area (Å²) in [5, 5.41) is 7.65. The van der Waals surface area contributed by atoms with Gasteiger partial charge in [-0.25, -0.2) is 32.6 Å². The van der Waals surface area contributed by atoms with Crippen LogP contribution in [0.3, 0.4) is 0 Å². The molecule has 0 bridgehead atoms. The lowest BCUT2D eigenvalue weighted by Crippen LogP contribution is -2.57. The Hall–Kier alpha value is -3.25. The molecule has 6 rings (SSSR count). The summed E-state index contributed by atoms with van der Waals surface area (Å²) in [5.74, 6) is 0.838. The van der Waals surface area contributed by atoms with Gasteiger partial charge >= 0.3 is 0 Å². The molecule has 0 radical (unpaired) electrons. The number of pyridine rings is 1. The highest BCUT2D eigenvalue weighted by Crippen LogP contribution is 2.27. The van der Waals surface area contributed by atoms with Crippen molar-refractivity contribution in [2.45, 2.75) is 44.6 Å². The normalized spacial score (nSPS) is 21.7. The zero-order valence-corrected chi connectivity index (χ0v) is 19.1. The van der Waals surface area contributed by atoms with Gasteiger partial charge in [-0.1, -0.05) is 0 Å².